The van der Waals surface area contributed by atoms with Gasteiger partial charge in [0, 0.05) is 0 Å². The Kier molecular flexibility index (Phi) is 12.8. The van der Waals surface area contributed by atoms with E-state index in [0.717, 1.165) is 0 Å². The van der Waals surface area contributed by atoms with Crippen molar-refractivity contribution < 1.29 is 0 Å². The van der Waals surface area contributed by atoms with Crippen LogP contribution >= 0.6 is 0 Å². The van der Waals surface area contributed by atoms with Crippen molar-refractivity contribution in [3.8, 4) is 0 Å². The lowest BCUT2D eigenvalue weighted by Gasteiger charge is -2.05. The summed E-state index contributed by atoms with van der Waals surface area (Å²) in [4.78, 5) is 0. The summed E-state index contributed by atoms with van der Waals surface area (Å²) in [7, 11) is 0. The molecule has 2 aromatic rings. The highest BCUT2D eigenvalue weighted by molar-refractivity contribution is 5.82. The number of unbranched alkanes of at least 4 members (excludes halogenated alkanes) is 15. The molecular formula is C28H44. The van der Waals surface area contributed by atoms with Gasteiger partial charge in [0.1, 0.15) is 0 Å². The van der Waals surface area contributed by atoms with Crippen molar-refractivity contribution in [3.05, 3.63) is 48.0 Å². The molecule has 0 amide bonds. The molecule has 0 radical (unpaired) electrons. The molecule has 0 heterocycles. The van der Waals surface area contributed by atoms with Gasteiger partial charge in [-0.3, -0.25) is 0 Å². The fraction of sp³-hybridized carbons (Fsp3) is 0.643. The lowest BCUT2D eigenvalue weighted by molar-refractivity contribution is 0.529. The van der Waals surface area contributed by atoms with E-state index in [1.165, 1.54) is 125 Å². The van der Waals surface area contributed by atoms with Crippen molar-refractivity contribution in [1.29, 1.82) is 0 Å². The largest absolute Gasteiger partial charge is 0.0654 e. The van der Waals surface area contributed by atoms with Gasteiger partial charge in [-0.2, -0.15) is 0 Å². The maximum atomic E-state index is 2.38. The Morgan fingerprint density at radius 1 is 0.464 bits per heavy atom. The predicted molar refractivity (Wildman–Crippen MR) is 127 cm³/mol. The molecule has 2 aromatic carbocycles. The number of fused-ring (bicyclic) bond motifs is 1. The molecule has 0 aliphatic rings. The molecular weight excluding hydrogens is 336 g/mol. The van der Waals surface area contributed by atoms with Gasteiger partial charge >= 0.3 is 0 Å². The summed E-state index contributed by atoms with van der Waals surface area (Å²) in [5, 5.41) is 2.75. The van der Waals surface area contributed by atoms with Crippen LogP contribution in [0.15, 0.2) is 42.5 Å². The number of hydrogen-bond donors (Lipinski definition) is 0. The van der Waals surface area contributed by atoms with E-state index in [1.54, 1.807) is 0 Å². The van der Waals surface area contributed by atoms with Gasteiger partial charge in [-0.1, -0.05) is 146 Å². The molecule has 0 atom stereocenters. The molecule has 0 aromatic heterocycles. The molecule has 28 heavy (non-hydrogen) atoms. The van der Waals surface area contributed by atoms with Gasteiger partial charge in [-0.15, -0.1) is 0 Å². The Morgan fingerprint density at radius 2 is 0.929 bits per heavy atom. The smallest absolute Gasteiger partial charge is 0.0181 e. The molecule has 0 bridgehead atoms. The highest BCUT2D eigenvalue weighted by Gasteiger charge is 1.98. The van der Waals surface area contributed by atoms with Crippen molar-refractivity contribution >= 4 is 10.8 Å². The van der Waals surface area contributed by atoms with Crippen LogP contribution in [0.2, 0.25) is 0 Å². The lowest BCUT2D eigenvalue weighted by atomic mass is 10.0. The van der Waals surface area contributed by atoms with E-state index in [1.807, 2.05) is 0 Å². The zero-order valence-corrected chi connectivity index (χ0v) is 18.6. The first kappa shape index (κ1) is 23.0. The van der Waals surface area contributed by atoms with E-state index < -0.39 is 0 Å². The first-order chi connectivity index (χ1) is 13.9. The number of aryl methyl sites for hydroxylation is 1. The van der Waals surface area contributed by atoms with Gasteiger partial charge in [-0.05, 0) is 29.2 Å². The third-order valence-electron chi connectivity index (χ3n) is 6.13. The molecule has 0 heteroatoms. The van der Waals surface area contributed by atoms with E-state index >= 15 is 0 Å². The van der Waals surface area contributed by atoms with Crippen LogP contribution in [0.1, 0.15) is 115 Å². The Bertz CT molecular complexity index is 612. The van der Waals surface area contributed by atoms with Crippen LogP contribution in [0.5, 0.6) is 0 Å². The van der Waals surface area contributed by atoms with Crippen molar-refractivity contribution in [2.75, 3.05) is 0 Å². The third kappa shape index (κ3) is 10.3. The molecule has 0 nitrogen and oxygen atoms in total. The molecule has 0 fully saturated rings. The van der Waals surface area contributed by atoms with E-state index in [9.17, 15) is 0 Å². The summed E-state index contributed by atoms with van der Waals surface area (Å²) < 4.78 is 0. The zero-order valence-electron chi connectivity index (χ0n) is 18.6. The Labute approximate surface area is 175 Å². The van der Waals surface area contributed by atoms with Gasteiger partial charge < -0.3 is 0 Å². The van der Waals surface area contributed by atoms with Gasteiger partial charge in [0.2, 0.25) is 0 Å². The topological polar surface area (TPSA) is 0 Å². The monoisotopic (exact) mass is 380 g/mol. The molecule has 0 aliphatic carbocycles. The van der Waals surface area contributed by atoms with Crippen molar-refractivity contribution in [2.24, 2.45) is 0 Å². The van der Waals surface area contributed by atoms with E-state index in [0.29, 0.717) is 0 Å². The van der Waals surface area contributed by atoms with Gasteiger partial charge in [0.25, 0.3) is 0 Å². The van der Waals surface area contributed by atoms with Crippen LogP contribution in [0.3, 0.4) is 0 Å². The maximum absolute atomic E-state index is 2.38. The van der Waals surface area contributed by atoms with Gasteiger partial charge in [0.05, 0.1) is 0 Å². The summed E-state index contributed by atoms with van der Waals surface area (Å²) in [6.07, 6.45) is 24.3. The summed E-state index contributed by atoms with van der Waals surface area (Å²) in [6.45, 7) is 2.30. The molecule has 0 spiro atoms. The SMILES string of the molecule is CCCCCCCCCCCCCCCCCCc1ccc2ccccc2c1. The maximum Gasteiger partial charge on any atom is -0.0181 e. The average molecular weight is 381 g/mol. The van der Waals surface area contributed by atoms with E-state index in [-0.39, 0.29) is 0 Å². The number of benzene rings is 2. The molecule has 156 valence electrons. The summed E-state index contributed by atoms with van der Waals surface area (Å²) >= 11 is 0. The zero-order chi connectivity index (χ0) is 19.7. The molecule has 0 N–H and O–H groups in total. The van der Waals surface area contributed by atoms with E-state index in [2.05, 4.69) is 49.4 Å². The lowest BCUT2D eigenvalue weighted by Crippen LogP contribution is -1.87. The van der Waals surface area contributed by atoms with Crippen molar-refractivity contribution in [3.63, 3.8) is 0 Å². The minimum Gasteiger partial charge on any atom is -0.0654 e. The standard InChI is InChI=1S/C28H44/c1-2-3-4-5-6-7-8-9-10-11-12-13-14-15-16-17-20-26-23-24-27-21-18-19-22-28(27)25-26/h18-19,21-25H,2-17,20H2,1H3. The first-order valence-corrected chi connectivity index (χ1v) is 12.4. The summed E-state index contributed by atoms with van der Waals surface area (Å²) in [5.41, 5.74) is 1.50. The number of hydrogen-bond acceptors (Lipinski definition) is 0. The Balaban J connectivity index is 1.35. The summed E-state index contributed by atoms with van der Waals surface area (Å²) in [6, 6.07) is 15.7. The number of rotatable bonds is 17. The average Bonchev–Trinajstić information content (AvgIpc) is 2.73. The molecule has 0 saturated heterocycles. The minimum atomic E-state index is 1.24. The third-order valence-corrected chi connectivity index (χ3v) is 6.13. The Hall–Kier alpha value is -1.30. The Morgan fingerprint density at radius 3 is 1.46 bits per heavy atom. The molecule has 0 unspecified atom stereocenters. The minimum absolute atomic E-state index is 1.24. The van der Waals surface area contributed by atoms with Crippen LogP contribution < -0.4 is 0 Å². The summed E-state index contributed by atoms with van der Waals surface area (Å²) in [5.74, 6) is 0. The first-order valence-electron chi connectivity index (χ1n) is 12.4. The van der Waals surface area contributed by atoms with Crippen LogP contribution in [0.4, 0.5) is 0 Å². The van der Waals surface area contributed by atoms with Crippen molar-refractivity contribution in [2.45, 2.75) is 116 Å². The quantitative estimate of drug-likeness (QED) is 0.240. The van der Waals surface area contributed by atoms with Crippen LogP contribution in [-0.4, -0.2) is 0 Å². The van der Waals surface area contributed by atoms with Crippen molar-refractivity contribution in [1.82, 2.24) is 0 Å². The van der Waals surface area contributed by atoms with Crippen LogP contribution in [0, 0.1) is 0 Å². The fourth-order valence-corrected chi connectivity index (χ4v) is 4.27. The molecule has 0 saturated carbocycles. The highest BCUT2D eigenvalue weighted by Crippen LogP contribution is 2.18. The fourth-order valence-electron chi connectivity index (χ4n) is 4.27. The second-order valence-corrected chi connectivity index (χ2v) is 8.73. The van der Waals surface area contributed by atoms with Crippen LogP contribution in [0.25, 0.3) is 10.8 Å². The second-order valence-electron chi connectivity index (χ2n) is 8.73. The van der Waals surface area contributed by atoms with Gasteiger partial charge in [0.15, 0.2) is 0 Å². The predicted octanol–water partition coefficient (Wildman–Crippen LogP) is 9.64. The van der Waals surface area contributed by atoms with Gasteiger partial charge in [-0.25, -0.2) is 0 Å². The normalized spacial score (nSPS) is 11.3. The van der Waals surface area contributed by atoms with Crippen LogP contribution in [-0.2, 0) is 6.42 Å². The molecule has 0 aliphatic heterocycles. The highest BCUT2D eigenvalue weighted by atomic mass is 14.0. The molecule has 2 rings (SSSR count). The van der Waals surface area contributed by atoms with E-state index in [4.69, 9.17) is 0 Å². The second kappa shape index (κ2) is 15.6.